The Balaban J connectivity index is 1.75. The number of rotatable bonds is 3. The highest BCUT2D eigenvalue weighted by molar-refractivity contribution is 6.21. The smallest absolute Gasteiger partial charge is 0.145 e. The van der Waals surface area contributed by atoms with E-state index in [1.807, 2.05) is 24.3 Å². The number of fused-ring (bicyclic) bond motifs is 4. The van der Waals surface area contributed by atoms with E-state index in [1.54, 1.807) is 42.5 Å². The Bertz CT molecular complexity index is 2780. The predicted molar refractivity (Wildman–Crippen MR) is 164 cm³/mol. The van der Waals surface area contributed by atoms with Crippen LogP contribution in [0.1, 0.15) is 17.8 Å². The van der Waals surface area contributed by atoms with Crippen LogP contribution in [-0.2, 0) is 0 Å². The van der Waals surface area contributed by atoms with Crippen molar-refractivity contribution in [1.82, 2.24) is 9.55 Å². The average Bonchev–Trinajstić information content (AvgIpc) is 3.53. The fourth-order valence-electron chi connectivity index (χ4n) is 5.32. The van der Waals surface area contributed by atoms with E-state index in [1.165, 1.54) is 4.57 Å². The van der Waals surface area contributed by atoms with E-state index in [0.29, 0.717) is 22.0 Å². The third-order valence-corrected chi connectivity index (χ3v) is 6.92. The van der Waals surface area contributed by atoms with Crippen molar-refractivity contribution >= 4 is 43.4 Å². The van der Waals surface area contributed by atoms with Gasteiger partial charge in [0.25, 0.3) is 0 Å². The molecule has 2 heteroatoms. The maximum absolute atomic E-state index is 9.38. The van der Waals surface area contributed by atoms with Crippen LogP contribution in [0.25, 0.3) is 71.6 Å². The Morgan fingerprint density at radius 3 is 1.92 bits per heavy atom. The monoisotopic (exact) mass is 509 g/mol. The largest absolute Gasteiger partial charge is 0.291 e. The molecule has 0 aliphatic carbocycles. The van der Waals surface area contributed by atoms with Crippen LogP contribution in [0.3, 0.4) is 0 Å². The molecule has 182 valence electrons. The molecule has 0 amide bonds. The van der Waals surface area contributed by atoms with Crippen LogP contribution in [0.2, 0.25) is 0 Å². The molecular weight excluding hydrogens is 472 g/mol. The summed E-state index contributed by atoms with van der Waals surface area (Å²) in [6, 6.07) is 12.0. The van der Waals surface area contributed by atoms with Crippen LogP contribution >= 0.6 is 0 Å². The zero-order valence-corrected chi connectivity index (χ0v) is 20.2. The van der Waals surface area contributed by atoms with E-state index in [0.717, 1.165) is 5.39 Å². The zero-order valence-electron chi connectivity index (χ0n) is 33.2. The molecule has 1 aromatic heterocycles. The molecule has 39 heavy (non-hydrogen) atoms. The van der Waals surface area contributed by atoms with Crippen molar-refractivity contribution in [2.24, 2.45) is 0 Å². The van der Waals surface area contributed by atoms with Gasteiger partial charge >= 0.3 is 0 Å². The van der Waals surface area contributed by atoms with Gasteiger partial charge in [-0.2, -0.15) is 0 Å². The van der Waals surface area contributed by atoms with Crippen molar-refractivity contribution in [3.05, 3.63) is 145 Å². The van der Waals surface area contributed by atoms with Crippen LogP contribution in [-0.4, -0.2) is 9.55 Å². The van der Waals surface area contributed by atoms with E-state index in [9.17, 15) is 5.48 Å². The van der Waals surface area contributed by atoms with E-state index >= 15 is 0 Å². The normalized spacial score (nSPS) is 16.3. The molecule has 0 saturated carbocycles. The van der Waals surface area contributed by atoms with E-state index in [4.69, 9.17) is 17.3 Å². The third kappa shape index (κ3) is 3.32. The van der Waals surface area contributed by atoms with Gasteiger partial charge in [0.1, 0.15) is 5.82 Å². The Labute approximate surface area is 244 Å². The lowest BCUT2D eigenvalue weighted by Gasteiger charge is -2.20. The van der Waals surface area contributed by atoms with Gasteiger partial charge in [-0.3, -0.25) is 4.57 Å². The van der Waals surface area contributed by atoms with Crippen molar-refractivity contribution < 1.29 is 17.8 Å². The topological polar surface area (TPSA) is 17.8 Å². The second-order valence-electron chi connectivity index (χ2n) is 9.01. The fourth-order valence-corrected chi connectivity index (χ4v) is 5.32. The molecule has 0 fully saturated rings. The number of hydrogen-bond donors (Lipinski definition) is 0. The van der Waals surface area contributed by atoms with Crippen LogP contribution in [0.5, 0.6) is 0 Å². The molecule has 0 bridgehead atoms. The van der Waals surface area contributed by atoms with Gasteiger partial charge in [0.15, 0.2) is 0 Å². The van der Waals surface area contributed by atoms with Crippen LogP contribution in [0, 0.1) is 0 Å². The molecule has 7 aromatic carbocycles. The molecule has 2 nitrogen and oxygen atoms in total. The minimum absolute atomic E-state index is 0.0281. The van der Waals surface area contributed by atoms with Crippen molar-refractivity contribution in [2.45, 2.75) is 0 Å². The summed E-state index contributed by atoms with van der Waals surface area (Å²) in [6.45, 7) is 0. The number of benzene rings is 7. The maximum Gasteiger partial charge on any atom is 0.145 e. The first-order valence-corrected chi connectivity index (χ1v) is 12.3. The summed E-state index contributed by atoms with van der Waals surface area (Å²) in [6.07, 6.45) is 0. The summed E-state index contributed by atoms with van der Waals surface area (Å²) >= 11 is 0. The summed E-state index contributed by atoms with van der Waals surface area (Å²) in [5.41, 5.74) is 0.816. The predicted octanol–water partition coefficient (Wildman–Crippen LogP) is 9.82. The molecule has 1 heterocycles. The zero-order chi connectivity index (χ0) is 37.1. The standard InChI is InChI=1S/C37H24N2/c1-2-14-26(15-3-1)37-38-33-23-10-11-24-34(33)39(37)36-31-20-8-6-18-29(31)35(30-19-7-9-21-32(30)36)28-22-12-16-25-13-4-5-17-27(25)28/h1-24H/i1D,2D,3D,6D,7D,8D,9D,14D,15D,18D,19D,20D,21D. The molecule has 0 unspecified atom stereocenters. The highest BCUT2D eigenvalue weighted by atomic mass is 15.1. The first-order valence-electron chi connectivity index (χ1n) is 18.8. The van der Waals surface area contributed by atoms with Gasteiger partial charge in [0.2, 0.25) is 0 Å². The molecule has 0 atom stereocenters. The van der Waals surface area contributed by atoms with Gasteiger partial charge in [-0.15, -0.1) is 0 Å². The Kier molecular flexibility index (Phi) is 2.79. The highest BCUT2D eigenvalue weighted by Crippen LogP contribution is 2.44. The van der Waals surface area contributed by atoms with Crippen molar-refractivity contribution in [3.63, 3.8) is 0 Å². The first-order chi connectivity index (χ1) is 24.8. The average molecular weight is 510 g/mol. The highest BCUT2D eigenvalue weighted by Gasteiger charge is 2.21. The summed E-state index contributed by atoms with van der Waals surface area (Å²) < 4.78 is 117. The lowest BCUT2D eigenvalue weighted by molar-refractivity contribution is 1.13. The van der Waals surface area contributed by atoms with Gasteiger partial charge in [0, 0.05) is 16.3 Å². The summed E-state index contributed by atoms with van der Waals surface area (Å²) in [5.74, 6) is -0.182. The van der Waals surface area contributed by atoms with E-state index < -0.39 is 78.6 Å². The number of imidazole rings is 1. The number of hydrogen-bond acceptors (Lipinski definition) is 1. The van der Waals surface area contributed by atoms with Crippen molar-refractivity contribution in [1.29, 1.82) is 0 Å². The Hall–Kier alpha value is -5.21. The van der Waals surface area contributed by atoms with Gasteiger partial charge < -0.3 is 0 Å². The second-order valence-corrected chi connectivity index (χ2v) is 9.01. The van der Waals surface area contributed by atoms with Crippen molar-refractivity contribution in [3.8, 4) is 28.2 Å². The minimum Gasteiger partial charge on any atom is -0.291 e. The molecule has 0 spiro atoms. The van der Waals surface area contributed by atoms with Crippen LogP contribution < -0.4 is 0 Å². The summed E-state index contributed by atoms with van der Waals surface area (Å²) in [5, 5.41) is 1.19. The van der Waals surface area contributed by atoms with E-state index in [-0.39, 0.29) is 44.2 Å². The molecule has 0 aliphatic heterocycles. The molecule has 8 aromatic rings. The number of nitrogens with zero attached hydrogens (tertiary/aromatic N) is 2. The summed E-state index contributed by atoms with van der Waals surface area (Å²) in [7, 11) is 0. The van der Waals surface area contributed by atoms with Crippen LogP contribution in [0.4, 0.5) is 0 Å². The molecule has 0 radical (unpaired) electrons. The number of aromatic nitrogens is 2. The van der Waals surface area contributed by atoms with Gasteiger partial charge in [-0.25, -0.2) is 4.98 Å². The third-order valence-electron chi connectivity index (χ3n) is 6.92. The van der Waals surface area contributed by atoms with Gasteiger partial charge in [-0.05, 0) is 44.8 Å². The Morgan fingerprint density at radius 2 is 1.15 bits per heavy atom. The Morgan fingerprint density at radius 1 is 0.538 bits per heavy atom. The van der Waals surface area contributed by atoms with Crippen LogP contribution in [0.15, 0.2) is 145 Å². The quantitative estimate of drug-likeness (QED) is 0.217. The molecular formula is C37H24N2. The van der Waals surface area contributed by atoms with Gasteiger partial charge in [-0.1, -0.05) is 133 Å². The van der Waals surface area contributed by atoms with Crippen molar-refractivity contribution in [2.75, 3.05) is 0 Å². The lowest BCUT2D eigenvalue weighted by atomic mass is 9.88. The second kappa shape index (κ2) is 8.68. The summed E-state index contributed by atoms with van der Waals surface area (Å²) in [4.78, 5) is 4.72. The number of para-hydroxylation sites is 2. The minimum atomic E-state index is -0.625. The molecule has 0 N–H and O–H groups in total. The lowest BCUT2D eigenvalue weighted by Crippen LogP contribution is -2.01. The molecule has 0 saturated heterocycles. The fraction of sp³-hybridized carbons (Fsp3) is 0. The van der Waals surface area contributed by atoms with Gasteiger partial charge in [0.05, 0.1) is 34.5 Å². The SMILES string of the molecule is [2H]c1c([2H])c([2H])c(-c2nc3ccccc3n2-c2c3c([2H])c([2H])c([2H])c([2H])c3c(-c3cccc4ccccc34)c3c([2H])c([2H])c([2H])c([2H])c23)c([2H])c1[2H]. The molecule has 0 aliphatic rings. The van der Waals surface area contributed by atoms with E-state index in [2.05, 4.69) is 0 Å². The first kappa shape index (κ1) is 12.6. The molecule has 8 rings (SSSR count). The maximum atomic E-state index is 9.38.